The second-order valence-corrected chi connectivity index (χ2v) is 15.1. The molecule has 0 heterocycles. The van der Waals surface area contributed by atoms with Gasteiger partial charge in [-0.25, -0.2) is 0 Å². The summed E-state index contributed by atoms with van der Waals surface area (Å²) in [4.78, 5) is 21.8. The Morgan fingerprint density at radius 3 is 0.539 bits per heavy atom. The molecule has 0 rings (SSSR count). The summed E-state index contributed by atoms with van der Waals surface area (Å²) in [6.45, 7) is 21.0. The quantitative estimate of drug-likeness (QED) is 0.0780. The van der Waals surface area contributed by atoms with Crippen LogP contribution in [0, 0.1) is 0 Å². The molecule has 456 valence electrons. The first-order valence-corrected chi connectivity index (χ1v) is 26.3. The second-order valence-electron chi connectivity index (χ2n) is 15.1. The molecule has 0 spiro atoms. The zero-order valence-electron chi connectivity index (χ0n) is 45.7. The standard InChI is InChI=1S/C49H97NO25.ClH/c1-54-6-7-56-10-11-58-14-15-60-18-19-62-22-23-64-26-27-66-30-31-68-34-35-70-38-39-72-42-43-74-46-47-75-45-44-73-41-40-71-37-36-69-33-32-67-29-28-65-25-24-63-21-20-61-17-16-59-13-12-57-9-8-55-5-4-50-48(51)2-3-49(52)53;/h2-47H2,1H3,(H,50,51)(H,52,53);1H. The topological polar surface area (TPSA) is 269 Å². The van der Waals surface area contributed by atoms with Crippen LogP contribution in [0.4, 0.5) is 0 Å². The van der Waals surface area contributed by atoms with Crippen LogP contribution in [0.25, 0.3) is 0 Å². The Hall–Kier alpha value is -1.65. The highest BCUT2D eigenvalue weighted by molar-refractivity contribution is 5.85. The number of methoxy groups -OCH3 is 1. The molecule has 0 saturated carbocycles. The van der Waals surface area contributed by atoms with Gasteiger partial charge in [0.15, 0.2) is 0 Å². The Morgan fingerprint density at radius 1 is 0.250 bits per heavy atom. The van der Waals surface area contributed by atoms with Gasteiger partial charge in [-0.1, -0.05) is 0 Å². The van der Waals surface area contributed by atoms with Crippen molar-refractivity contribution in [1.82, 2.24) is 5.32 Å². The molecule has 0 fully saturated rings. The summed E-state index contributed by atoms with van der Waals surface area (Å²) in [5, 5.41) is 11.1. The Kier molecular flexibility index (Phi) is 71.8. The van der Waals surface area contributed by atoms with Crippen LogP contribution in [0.2, 0.25) is 0 Å². The van der Waals surface area contributed by atoms with Crippen LogP contribution in [-0.2, 0) is 114 Å². The molecule has 26 nitrogen and oxygen atoms in total. The molecule has 0 saturated heterocycles. The van der Waals surface area contributed by atoms with Crippen molar-refractivity contribution in [1.29, 1.82) is 0 Å². The molecule has 1 amide bonds. The predicted molar refractivity (Wildman–Crippen MR) is 276 cm³/mol. The Bertz CT molecular complexity index is 1100. The third kappa shape index (κ3) is 72.3. The lowest BCUT2D eigenvalue weighted by atomic mass is 10.3. The van der Waals surface area contributed by atoms with Gasteiger partial charge in [-0.3, -0.25) is 9.59 Å². The van der Waals surface area contributed by atoms with E-state index >= 15 is 0 Å². The molecule has 0 bridgehead atoms. The number of carboxylic acids is 1. The van der Waals surface area contributed by atoms with Crippen LogP contribution in [0.3, 0.4) is 0 Å². The maximum atomic E-state index is 11.4. The molecular formula is C49H98ClNO25. The third-order valence-electron chi connectivity index (χ3n) is 9.01. The van der Waals surface area contributed by atoms with Gasteiger partial charge >= 0.3 is 5.97 Å². The lowest BCUT2D eigenvalue weighted by Gasteiger charge is -2.09. The number of halogens is 1. The van der Waals surface area contributed by atoms with E-state index in [9.17, 15) is 9.59 Å². The molecule has 0 aliphatic heterocycles. The van der Waals surface area contributed by atoms with Crippen LogP contribution in [0.5, 0.6) is 0 Å². The molecule has 27 heteroatoms. The summed E-state index contributed by atoms with van der Waals surface area (Å²) in [6.07, 6.45) is -0.228. The normalized spacial score (nSPS) is 11.4. The van der Waals surface area contributed by atoms with Crippen molar-refractivity contribution in [3.05, 3.63) is 0 Å². The summed E-state index contributed by atoms with van der Waals surface area (Å²) in [7, 11) is 1.64. The number of rotatable bonds is 69. The zero-order chi connectivity index (χ0) is 53.9. The van der Waals surface area contributed by atoms with Crippen molar-refractivity contribution in [2.24, 2.45) is 0 Å². The van der Waals surface area contributed by atoms with Gasteiger partial charge in [0.05, 0.1) is 291 Å². The lowest BCUT2D eigenvalue weighted by molar-refractivity contribution is -0.138. The lowest BCUT2D eigenvalue weighted by Crippen LogP contribution is -2.27. The van der Waals surface area contributed by atoms with E-state index in [2.05, 4.69) is 5.32 Å². The highest BCUT2D eigenvalue weighted by Crippen LogP contribution is 1.92. The molecule has 0 aromatic rings. The van der Waals surface area contributed by atoms with Crippen LogP contribution in [0.1, 0.15) is 12.8 Å². The smallest absolute Gasteiger partial charge is 0.303 e. The largest absolute Gasteiger partial charge is 0.481 e. The fraction of sp³-hybridized carbons (Fsp3) is 0.959. The van der Waals surface area contributed by atoms with Crippen LogP contribution < -0.4 is 5.32 Å². The minimum Gasteiger partial charge on any atom is -0.481 e. The van der Waals surface area contributed by atoms with E-state index in [1.807, 2.05) is 0 Å². The molecule has 76 heavy (non-hydrogen) atoms. The molecule has 0 radical (unpaired) electrons. The van der Waals surface area contributed by atoms with Gasteiger partial charge in [0, 0.05) is 20.1 Å². The summed E-state index contributed by atoms with van der Waals surface area (Å²) >= 11 is 0. The number of amides is 1. The van der Waals surface area contributed by atoms with E-state index in [4.69, 9.17) is 109 Å². The van der Waals surface area contributed by atoms with Gasteiger partial charge in [-0.05, 0) is 0 Å². The van der Waals surface area contributed by atoms with Crippen molar-refractivity contribution in [2.45, 2.75) is 12.8 Å². The Labute approximate surface area is 458 Å². The number of carbonyl (C=O) groups is 2. The number of carbonyl (C=O) groups excluding carboxylic acids is 1. The Morgan fingerprint density at radius 2 is 0.395 bits per heavy atom. The van der Waals surface area contributed by atoms with Crippen LogP contribution in [-0.4, -0.2) is 315 Å². The molecular weight excluding hydrogens is 1040 g/mol. The molecule has 0 aromatic carbocycles. The maximum Gasteiger partial charge on any atom is 0.303 e. The minimum atomic E-state index is -1.00. The average molecular weight is 1140 g/mol. The SMILES string of the molecule is COCCOCCOCCOCCOCCOCCOCCOCCOCCOCCOCCOCCOCCOCCOCCOCCOCCOCCOCCOCCOCCOCCNC(=O)CCC(=O)O.Cl. The summed E-state index contributed by atoms with van der Waals surface area (Å²) in [6, 6.07) is 0. The van der Waals surface area contributed by atoms with Crippen molar-refractivity contribution in [2.75, 3.05) is 298 Å². The van der Waals surface area contributed by atoms with Gasteiger partial charge in [0.2, 0.25) is 5.91 Å². The molecule has 0 aliphatic rings. The first-order valence-electron chi connectivity index (χ1n) is 26.3. The van der Waals surface area contributed by atoms with E-state index in [1.54, 1.807) is 7.11 Å². The van der Waals surface area contributed by atoms with Crippen molar-refractivity contribution in [3.63, 3.8) is 0 Å². The van der Waals surface area contributed by atoms with Gasteiger partial charge in [-0.15, -0.1) is 12.4 Å². The first kappa shape index (κ1) is 76.4. The third-order valence-corrected chi connectivity index (χ3v) is 9.01. The van der Waals surface area contributed by atoms with Crippen molar-refractivity contribution >= 4 is 24.3 Å². The number of hydrogen-bond acceptors (Lipinski definition) is 24. The molecule has 2 N–H and O–H groups in total. The first-order chi connectivity index (χ1) is 37.2. The molecule has 0 aliphatic carbocycles. The fourth-order valence-electron chi connectivity index (χ4n) is 5.21. The minimum absolute atomic E-state index is 0. The zero-order valence-corrected chi connectivity index (χ0v) is 46.5. The number of nitrogens with one attached hydrogen (secondary N) is 1. The number of carboxylic acid groups (broad SMARTS) is 1. The van der Waals surface area contributed by atoms with E-state index in [-0.39, 0.29) is 31.2 Å². The van der Waals surface area contributed by atoms with E-state index < -0.39 is 5.97 Å². The molecule has 0 aromatic heterocycles. The molecule has 0 unspecified atom stereocenters. The van der Waals surface area contributed by atoms with E-state index in [0.717, 1.165) is 0 Å². The number of aliphatic carboxylic acids is 1. The monoisotopic (exact) mass is 1140 g/mol. The van der Waals surface area contributed by atoms with Gasteiger partial charge < -0.3 is 115 Å². The van der Waals surface area contributed by atoms with E-state index in [0.29, 0.717) is 291 Å². The van der Waals surface area contributed by atoms with Gasteiger partial charge in [0.1, 0.15) is 0 Å². The van der Waals surface area contributed by atoms with Crippen LogP contribution in [0.15, 0.2) is 0 Å². The van der Waals surface area contributed by atoms with Gasteiger partial charge in [0.25, 0.3) is 0 Å². The maximum absolute atomic E-state index is 11.4. The number of hydrogen-bond donors (Lipinski definition) is 2. The Balaban J connectivity index is 0. The number of ether oxygens (including phenoxy) is 22. The second kappa shape index (κ2) is 71.4. The average Bonchev–Trinajstić information content (AvgIpc) is 3.41. The highest BCUT2D eigenvalue weighted by atomic mass is 35.5. The van der Waals surface area contributed by atoms with Crippen LogP contribution >= 0.6 is 12.4 Å². The predicted octanol–water partition coefficient (Wildman–Crippen LogP) is 0.384. The van der Waals surface area contributed by atoms with Crippen molar-refractivity contribution < 1.29 is 119 Å². The summed E-state index contributed by atoms with van der Waals surface area (Å²) in [5.74, 6) is -1.31. The molecule has 0 atom stereocenters. The van der Waals surface area contributed by atoms with Gasteiger partial charge in [-0.2, -0.15) is 0 Å². The summed E-state index contributed by atoms with van der Waals surface area (Å²) in [5.41, 5.74) is 0. The van der Waals surface area contributed by atoms with E-state index in [1.165, 1.54) is 0 Å². The summed E-state index contributed by atoms with van der Waals surface area (Å²) < 4.78 is 120. The fourth-order valence-corrected chi connectivity index (χ4v) is 5.21. The highest BCUT2D eigenvalue weighted by Gasteiger charge is 2.05. The van der Waals surface area contributed by atoms with Crippen molar-refractivity contribution in [3.8, 4) is 0 Å².